The standard InChI is InChI=1S/C84H80ClN3S/c1-81(2,3)63-39-45-67(46-40-63)86(74-34-23-22-33-71(74)60-27-18-14-19-28-60)69-31-24-32-70(55-69)88(75-49-43-65(83(7,8)9)53-72(75)61-29-20-15-21-30-61)77-52-62(59-37-35-58(36-38-59)57-25-16-13-17-26-57)51-76(80(77)85)87(68-47-41-64(42-48-68)82(4,5)6)78-56-89-79-50-44-66(54-73(78)79)84(10,11)12/h13-56H,1-12H3. The predicted molar refractivity (Wildman–Crippen MR) is 387 cm³/mol. The van der Waals surface area contributed by atoms with Gasteiger partial charge in [0, 0.05) is 49.3 Å². The van der Waals surface area contributed by atoms with Crippen LogP contribution in [0.15, 0.2) is 266 Å². The number of fused-ring (bicyclic) bond motifs is 1. The minimum absolute atomic E-state index is 0.0291. The quantitative estimate of drug-likeness (QED) is 0.114. The van der Waals surface area contributed by atoms with E-state index >= 15 is 0 Å². The third-order valence-electron chi connectivity index (χ3n) is 17.2. The highest BCUT2D eigenvalue weighted by molar-refractivity contribution is 7.17. The van der Waals surface area contributed by atoms with Crippen molar-refractivity contribution in [1.29, 1.82) is 0 Å². The zero-order valence-electron chi connectivity index (χ0n) is 53.5. The van der Waals surface area contributed by atoms with Crippen LogP contribution in [0.25, 0.3) is 54.6 Å². The fraction of sp³-hybridized carbons (Fsp3) is 0.190. The Morgan fingerprint density at radius 2 is 0.674 bits per heavy atom. The number of anilines is 9. The monoisotopic (exact) mass is 1200 g/mol. The summed E-state index contributed by atoms with van der Waals surface area (Å²) in [5.41, 5.74) is 22.5. The topological polar surface area (TPSA) is 9.72 Å². The summed E-state index contributed by atoms with van der Waals surface area (Å²) in [7, 11) is 0. The van der Waals surface area contributed by atoms with Crippen LogP contribution in [0.1, 0.15) is 105 Å². The molecule has 0 aliphatic carbocycles. The molecule has 0 radical (unpaired) electrons. The summed E-state index contributed by atoms with van der Waals surface area (Å²) in [6.45, 7) is 27.4. The molecule has 0 atom stereocenters. The molecule has 0 saturated carbocycles. The van der Waals surface area contributed by atoms with Crippen molar-refractivity contribution in [2.45, 2.75) is 105 Å². The molecule has 5 heteroatoms. The van der Waals surface area contributed by atoms with Gasteiger partial charge in [0.25, 0.3) is 0 Å². The first-order valence-electron chi connectivity index (χ1n) is 31.2. The summed E-state index contributed by atoms with van der Waals surface area (Å²) in [6, 6.07) is 96.0. The van der Waals surface area contributed by atoms with E-state index in [2.05, 4.69) is 364 Å². The van der Waals surface area contributed by atoms with Crippen LogP contribution in [-0.4, -0.2) is 0 Å². The molecule has 0 N–H and O–H groups in total. The van der Waals surface area contributed by atoms with Crippen LogP contribution in [0.5, 0.6) is 0 Å². The molecule has 3 nitrogen and oxygen atoms in total. The van der Waals surface area contributed by atoms with Crippen molar-refractivity contribution in [2.24, 2.45) is 0 Å². The Morgan fingerprint density at radius 1 is 0.270 bits per heavy atom. The molecule has 0 bridgehead atoms. The summed E-state index contributed by atoms with van der Waals surface area (Å²) < 4.78 is 1.21. The van der Waals surface area contributed by atoms with Gasteiger partial charge in [-0.25, -0.2) is 0 Å². The fourth-order valence-corrected chi connectivity index (χ4v) is 13.2. The normalized spacial score (nSPS) is 12.1. The molecule has 0 amide bonds. The molecule has 0 aliphatic heterocycles. The average Bonchev–Trinajstić information content (AvgIpc) is 1.78. The molecule has 0 spiro atoms. The molecule has 1 aromatic heterocycles. The number of para-hydroxylation sites is 1. The number of benzene rings is 11. The zero-order valence-corrected chi connectivity index (χ0v) is 55.1. The van der Waals surface area contributed by atoms with Gasteiger partial charge in [-0.1, -0.05) is 271 Å². The number of nitrogens with zero attached hydrogens (tertiary/aromatic N) is 3. The molecule has 11 aromatic carbocycles. The molecule has 0 saturated heterocycles. The van der Waals surface area contributed by atoms with E-state index in [1.807, 2.05) is 0 Å². The van der Waals surface area contributed by atoms with E-state index in [-0.39, 0.29) is 21.7 Å². The largest absolute Gasteiger partial charge is 0.310 e. The smallest absolute Gasteiger partial charge is 0.0887 e. The third-order valence-corrected chi connectivity index (χ3v) is 18.6. The van der Waals surface area contributed by atoms with E-state index in [1.54, 1.807) is 11.3 Å². The number of hydrogen-bond acceptors (Lipinski definition) is 4. The Hall–Kier alpha value is -8.93. The third kappa shape index (κ3) is 12.6. The number of halogens is 1. The average molecular weight is 1200 g/mol. The summed E-state index contributed by atoms with van der Waals surface area (Å²) >= 11 is 10.4. The maximum atomic E-state index is 8.63. The van der Waals surface area contributed by atoms with Gasteiger partial charge < -0.3 is 14.7 Å². The lowest BCUT2D eigenvalue weighted by molar-refractivity contribution is 0.590. The van der Waals surface area contributed by atoms with Gasteiger partial charge >= 0.3 is 0 Å². The van der Waals surface area contributed by atoms with Crippen LogP contribution >= 0.6 is 22.9 Å². The molecule has 0 unspecified atom stereocenters. The first-order valence-corrected chi connectivity index (χ1v) is 32.4. The van der Waals surface area contributed by atoms with Gasteiger partial charge in [0.2, 0.25) is 0 Å². The van der Waals surface area contributed by atoms with E-state index in [0.717, 1.165) is 90.1 Å². The SMILES string of the molecule is CC(C)(C)c1ccc(N(c2cccc(N(c3ccc(C(C)(C)C)cc3-c3ccccc3)c3cc(-c4ccc(-c5ccccc5)cc4)cc(N(c4ccc(C(C)(C)C)cc4)c4csc5ccc(C(C)(C)C)cc45)c3Cl)c2)c2ccccc2-c2ccccc2)cc1. The van der Waals surface area contributed by atoms with Crippen molar-refractivity contribution in [3.05, 3.63) is 294 Å². The second kappa shape index (κ2) is 24.2. The molecule has 12 rings (SSSR count). The van der Waals surface area contributed by atoms with Crippen molar-refractivity contribution in [3.63, 3.8) is 0 Å². The van der Waals surface area contributed by atoms with Gasteiger partial charge in [0.05, 0.1) is 33.5 Å². The first-order chi connectivity index (χ1) is 42.6. The fourth-order valence-electron chi connectivity index (χ4n) is 12.0. The van der Waals surface area contributed by atoms with E-state index in [4.69, 9.17) is 11.6 Å². The minimum Gasteiger partial charge on any atom is -0.310 e. The van der Waals surface area contributed by atoms with Crippen molar-refractivity contribution in [2.75, 3.05) is 14.7 Å². The van der Waals surface area contributed by atoms with Crippen molar-refractivity contribution in [1.82, 2.24) is 0 Å². The van der Waals surface area contributed by atoms with Crippen LogP contribution in [0.4, 0.5) is 51.2 Å². The Morgan fingerprint density at radius 3 is 1.21 bits per heavy atom. The van der Waals surface area contributed by atoms with Gasteiger partial charge in [-0.05, 0) is 162 Å². The van der Waals surface area contributed by atoms with Gasteiger partial charge in [0.15, 0.2) is 0 Å². The predicted octanol–water partition coefficient (Wildman–Crippen LogP) is 25.8. The molecule has 444 valence electrons. The summed E-state index contributed by atoms with van der Waals surface area (Å²) in [6.07, 6.45) is 0. The molecular formula is C84H80ClN3S. The highest BCUT2D eigenvalue weighted by Crippen LogP contribution is 2.54. The van der Waals surface area contributed by atoms with Crippen molar-refractivity contribution in [3.8, 4) is 44.5 Å². The lowest BCUT2D eigenvalue weighted by Gasteiger charge is -2.34. The second-order valence-corrected chi connectivity index (χ2v) is 29.0. The zero-order chi connectivity index (χ0) is 62.4. The van der Waals surface area contributed by atoms with E-state index in [1.165, 1.54) is 37.9 Å². The summed E-state index contributed by atoms with van der Waals surface area (Å²) in [5, 5.41) is 4.11. The molecule has 12 aromatic rings. The van der Waals surface area contributed by atoms with E-state index < -0.39 is 0 Å². The molecule has 89 heavy (non-hydrogen) atoms. The minimum atomic E-state index is -0.141. The molecule has 1 heterocycles. The number of hydrogen-bond donors (Lipinski definition) is 0. The van der Waals surface area contributed by atoms with Crippen LogP contribution in [0.2, 0.25) is 5.02 Å². The van der Waals surface area contributed by atoms with Crippen molar-refractivity contribution < 1.29 is 0 Å². The highest BCUT2D eigenvalue weighted by atomic mass is 35.5. The van der Waals surface area contributed by atoms with E-state index in [0.29, 0.717) is 5.02 Å². The number of thiophene rings is 1. The Balaban J connectivity index is 1.18. The van der Waals surface area contributed by atoms with Crippen LogP contribution in [-0.2, 0) is 21.7 Å². The second-order valence-electron chi connectivity index (χ2n) is 27.7. The Labute approximate surface area is 538 Å². The summed E-state index contributed by atoms with van der Waals surface area (Å²) in [4.78, 5) is 7.27. The van der Waals surface area contributed by atoms with Crippen molar-refractivity contribution >= 4 is 84.2 Å². The maximum absolute atomic E-state index is 8.63. The molecule has 0 fully saturated rings. The highest BCUT2D eigenvalue weighted by Gasteiger charge is 2.30. The van der Waals surface area contributed by atoms with Gasteiger partial charge in [-0.15, -0.1) is 11.3 Å². The lowest BCUT2D eigenvalue weighted by Crippen LogP contribution is -2.18. The molecular weight excluding hydrogens is 1120 g/mol. The Kier molecular flexibility index (Phi) is 16.4. The van der Waals surface area contributed by atoms with Gasteiger partial charge in [-0.2, -0.15) is 0 Å². The van der Waals surface area contributed by atoms with Gasteiger partial charge in [-0.3, -0.25) is 0 Å². The summed E-state index contributed by atoms with van der Waals surface area (Å²) in [5.74, 6) is 0. The van der Waals surface area contributed by atoms with Crippen LogP contribution in [0.3, 0.4) is 0 Å². The lowest BCUT2D eigenvalue weighted by atomic mass is 9.84. The van der Waals surface area contributed by atoms with Crippen LogP contribution < -0.4 is 14.7 Å². The Bertz CT molecular complexity index is 4440. The van der Waals surface area contributed by atoms with Crippen LogP contribution in [0, 0.1) is 0 Å². The van der Waals surface area contributed by atoms with E-state index in [9.17, 15) is 0 Å². The maximum Gasteiger partial charge on any atom is 0.0887 e. The molecule has 0 aliphatic rings. The van der Waals surface area contributed by atoms with Gasteiger partial charge in [0.1, 0.15) is 0 Å². The first kappa shape index (κ1) is 60.4. The number of rotatable bonds is 13.